The van der Waals surface area contributed by atoms with Crippen molar-refractivity contribution < 1.29 is 14.0 Å². The number of nitrogens with two attached hydrogens (primary N) is 1. The normalized spacial score (nSPS) is 10.5. The lowest BCUT2D eigenvalue weighted by Gasteiger charge is -2.08. The first-order valence-corrected chi connectivity index (χ1v) is 6.18. The number of anilines is 1. The van der Waals surface area contributed by atoms with E-state index in [0.29, 0.717) is 22.4 Å². The summed E-state index contributed by atoms with van der Waals surface area (Å²) in [4.78, 5) is 27.5. The highest BCUT2D eigenvalue weighted by molar-refractivity contribution is 6.09. The van der Waals surface area contributed by atoms with Gasteiger partial charge in [0.15, 0.2) is 12.0 Å². The van der Waals surface area contributed by atoms with Crippen molar-refractivity contribution >= 4 is 28.6 Å². The number of para-hydroxylation sites is 1. The molecule has 0 aliphatic carbocycles. The predicted octanol–water partition coefficient (Wildman–Crippen LogP) is 2.18. The minimum absolute atomic E-state index is 0.256. The molecule has 3 aromatic rings. The Hall–Kier alpha value is -3.15. The summed E-state index contributed by atoms with van der Waals surface area (Å²) in [7, 11) is 0. The highest BCUT2D eigenvalue weighted by atomic mass is 16.3. The van der Waals surface area contributed by atoms with E-state index in [0.717, 1.165) is 0 Å². The lowest BCUT2D eigenvalue weighted by molar-refractivity contribution is 0.100. The Balaban J connectivity index is 1.91. The van der Waals surface area contributed by atoms with Gasteiger partial charge in [-0.3, -0.25) is 9.59 Å². The van der Waals surface area contributed by atoms with Gasteiger partial charge in [-0.1, -0.05) is 12.1 Å². The van der Waals surface area contributed by atoms with E-state index in [4.69, 9.17) is 10.2 Å². The maximum absolute atomic E-state index is 12.2. The van der Waals surface area contributed by atoms with Crippen LogP contribution in [0.1, 0.15) is 20.7 Å². The zero-order valence-corrected chi connectivity index (χ0v) is 10.9. The summed E-state index contributed by atoms with van der Waals surface area (Å²) in [6.07, 6.45) is 1.31. The minimum atomic E-state index is -0.600. The molecule has 1 aromatic heterocycles. The van der Waals surface area contributed by atoms with Crippen LogP contribution in [-0.2, 0) is 0 Å². The highest BCUT2D eigenvalue weighted by Crippen LogP contribution is 2.18. The molecule has 3 N–H and O–H groups in total. The first kappa shape index (κ1) is 12.9. The van der Waals surface area contributed by atoms with E-state index >= 15 is 0 Å². The number of hydrogen-bond acceptors (Lipinski definition) is 4. The van der Waals surface area contributed by atoms with Crippen molar-refractivity contribution in [3.8, 4) is 0 Å². The van der Waals surface area contributed by atoms with E-state index < -0.39 is 5.91 Å². The Morgan fingerprint density at radius 2 is 1.95 bits per heavy atom. The van der Waals surface area contributed by atoms with Crippen LogP contribution in [0.5, 0.6) is 0 Å². The number of hydrogen-bond donors (Lipinski definition) is 2. The van der Waals surface area contributed by atoms with Gasteiger partial charge in [-0.05, 0) is 30.3 Å². The molecular weight excluding hydrogens is 270 g/mol. The third-order valence-electron chi connectivity index (χ3n) is 3.03. The van der Waals surface area contributed by atoms with Gasteiger partial charge in [0.1, 0.15) is 5.52 Å². The lowest BCUT2D eigenvalue weighted by Crippen LogP contribution is -2.18. The molecule has 0 saturated carbocycles. The topological polar surface area (TPSA) is 98.2 Å². The Bertz CT molecular complexity index is 839. The van der Waals surface area contributed by atoms with Crippen LogP contribution in [0.3, 0.4) is 0 Å². The highest BCUT2D eigenvalue weighted by Gasteiger charge is 2.12. The van der Waals surface area contributed by atoms with Crippen molar-refractivity contribution in [2.24, 2.45) is 5.73 Å². The van der Waals surface area contributed by atoms with Gasteiger partial charge in [0.2, 0.25) is 0 Å². The molecule has 0 bridgehead atoms. The second kappa shape index (κ2) is 5.09. The number of benzene rings is 2. The summed E-state index contributed by atoms with van der Waals surface area (Å²) in [6, 6.07) is 11.5. The fourth-order valence-corrected chi connectivity index (χ4v) is 2.00. The van der Waals surface area contributed by atoms with E-state index in [2.05, 4.69) is 10.3 Å². The van der Waals surface area contributed by atoms with Crippen molar-refractivity contribution in [2.75, 3.05) is 5.32 Å². The van der Waals surface area contributed by atoms with Crippen LogP contribution < -0.4 is 11.1 Å². The molecule has 0 fully saturated rings. The predicted molar refractivity (Wildman–Crippen MR) is 76.9 cm³/mol. The SMILES string of the molecule is NC(=O)c1ccccc1NC(=O)c1ccc2ncoc2c1. The van der Waals surface area contributed by atoms with Crippen LogP contribution in [0.2, 0.25) is 0 Å². The Morgan fingerprint density at radius 3 is 2.76 bits per heavy atom. The molecule has 3 rings (SSSR count). The number of carbonyl (C=O) groups excluding carboxylic acids is 2. The van der Waals surface area contributed by atoms with E-state index in [-0.39, 0.29) is 11.5 Å². The van der Waals surface area contributed by atoms with Crippen molar-refractivity contribution in [3.05, 3.63) is 60.0 Å². The fraction of sp³-hybridized carbons (Fsp3) is 0. The van der Waals surface area contributed by atoms with Crippen LogP contribution in [0.4, 0.5) is 5.69 Å². The fourth-order valence-electron chi connectivity index (χ4n) is 2.00. The average molecular weight is 281 g/mol. The van der Waals surface area contributed by atoms with Crippen LogP contribution in [0, 0.1) is 0 Å². The molecule has 0 radical (unpaired) electrons. The van der Waals surface area contributed by atoms with E-state index in [9.17, 15) is 9.59 Å². The van der Waals surface area contributed by atoms with Gasteiger partial charge in [-0.2, -0.15) is 0 Å². The lowest BCUT2D eigenvalue weighted by atomic mass is 10.1. The molecule has 0 atom stereocenters. The largest absolute Gasteiger partial charge is 0.443 e. The van der Waals surface area contributed by atoms with Gasteiger partial charge in [0.25, 0.3) is 11.8 Å². The second-order valence-corrected chi connectivity index (χ2v) is 4.40. The van der Waals surface area contributed by atoms with Crippen LogP contribution in [0.15, 0.2) is 53.3 Å². The standard InChI is InChI=1S/C15H11N3O3/c16-14(19)10-3-1-2-4-11(10)18-15(20)9-5-6-12-13(7-9)21-8-17-12/h1-8H,(H2,16,19)(H,18,20). The summed E-state index contributed by atoms with van der Waals surface area (Å²) in [5.41, 5.74) is 7.49. The summed E-state index contributed by atoms with van der Waals surface area (Å²) < 4.78 is 5.16. The van der Waals surface area contributed by atoms with E-state index in [1.165, 1.54) is 6.39 Å². The van der Waals surface area contributed by atoms with Crippen LogP contribution >= 0.6 is 0 Å². The number of amides is 2. The van der Waals surface area contributed by atoms with Gasteiger partial charge >= 0.3 is 0 Å². The summed E-state index contributed by atoms with van der Waals surface area (Å²) in [6.45, 7) is 0. The molecule has 6 heteroatoms. The van der Waals surface area contributed by atoms with Gasteiger partial charge in [0.05, 0.1) is 11.3 Å². The van der Waals surface area contributed by atoms with Crippen molar-refractivity contribution in [3.63, 3.8) is 0 Å². The molecule has 21 heavy (non-hydrogen) atoms. The molecule has 0 saturated heterocycles. The van der Waals surface area contributed by atoms with Gasteiger partial charge < -0.3 is 15.5 Å². The van der Waals surface area contributed by atoms with Crippen LogP contribution in [-0.4, -0.2) is 16.8 Å². The third kappa shape index (κ3) is 2.46. The number of oxazole rings is 1. The molecule has 1 heterocycles. The molecule has 0 aliphatic heterocycles. The van der Waals surface area contributed by atoms with Gasteiger partial charge in [-0.25, -0.2) is 4.98 Å². The van der Waals surface area contributed by atoms with E-state index in [1.54, 1.807) is 42.5 Å². The average Bonchev–Trinajstić information content (AvgIpc) is 2.94. The van der Waals surface area contributed by atoms with Gasteiger partial charge in [0, 0.05) is 5.56 Å². The Labute approximate surface area is 119 Å². The van der Waals surface area contributed by atoms with Crippen molar-refractivity contribution in [2.45, 2.75) is 0 Å². The molecule has 0 aliphatic rings. The number of rotatable bonds is 3. The summed E-state index contributed by atoms with van der Waals surface area (Å²) >= 11 is 0. The molecular formula is C15H11N3O3. The van der Waals surface area contributed by atoms with Crippen molar-refractivity contribution in [1.29, 1.82) is 0 Å². The summed E-state index contributed by atoms with van der Waals surface area (Å²) in [5, 5.41) is 2.66. The second-order valence-electron chi connectivity index (χ2n) is 4.40. The van der Waals surface area contributed by atoms with Crippen LogP contribution in [0.25, 0.3) is 11.1 Å². The monoisotopic (exact) mass is 281 g/mol. The number of fused-ring (bicyclic) bond motifs is 1. The quantitative estimate of drug-likeness (QED) is 0.768. The Morgan fingerprint density at radius 1 is 1.14 bits per heavy atom. The minimum Gasteiger partial charge on any atom is -0.443 e. The molecule has 2 aromatic carbocycles. The number of nitrogens with zero attached hydrogens (tertiary/aromatic N) is 1. The number of carbonyl (C=O) groups is 2. The molecule has 104 valence electrons. The number of nitrogens with one attached hydrogen (secondary N) is 1. The molecule has 0 spiro atoms. The maximum atomic E-state index is 12.2. The Kier molecular flexibility index (Phi) is 3.12. The first-order valence-electron chi connectivity index (χ1n) is 6.18. The molecule has 6 nitrogen and oxygen atoms in total. The zero-order valence-electron chi connectivity index (χ0n) is 10.9. The molecule has 2 amide bonds. The summed E-state index contributed by atoms with van der Waals surface area (Å²) in [5.74, 6) is -0.960. The van der Waals surface area contributed by atoms with E-state index in [1.807, 2.05) is 0 Å². The number of primary amides is 1. The maximum Gasteiger partial charge on any atom is 0.255 e. The third-order valence-corrected chi connectivity index (χ3v) is 3.03. The van der Waals surface area contributed by atoms with Crippen molar-refractivity contribution in [1.82, 2.24) is 4.98 Å². The zero-order chi connectivity index (χ0) is 14.8. The first-order chi connectivity index (χ1) is 10.1. The van der Waals surface area contributed by atoms with Gasteiger partial charge in [-0.15, -0.1) is 0 Å². The molecule has 0 unspecified atom stereocenters. The number of aromatic nitrogens is 1. The smallest absolute Gasteiger partial charge is 0.255 e.